The quantitative estimate of drug-likeness (QED) is 0.723. The van der Waals surface area contributed by atoms with Gasteiger partial charge in [-0.25, -0.2) is 0 Å². The fourth-order valence-corrected chi connectivity index (χ4v) is 1.29. The van der Waals surface area contributed by atoms with Gasteiger partial charge in [-0.3, -0.25) is 0 Å². The van der Waals surface area contributed by atoms with Gasteiger partial charge in [0.2, 0.25) is 0 Å². The fourth-order valence-electron chi connectivity index (χ4n) is 1.03. The SMILES string of the molecule is CCc1ccccc1CCl.CNC. The van der Waals surface area contributed by atoms with Crippen LogP contribution in [0.25, 0.3) is 0 Å². The second kappa shape index (κ2) is 8.09. The van der Waals surface area contributed by atoms with E-state index in [-0.39, 0.29) is 0 Å². The molecule has 0 aliphatic rings. The smallest absolute Gasteiger partial charge is 0.0476 e. The third-order valence-electron chi connectivity index (χ3n) is 1.64. The van der Waals surface area contributed by atoms with Crippen LogP contribution < -0.4 is 5.32 Å². The van der Waals surface area contributed by atoms with Gasteiger partial charge in [-0.05, 0) is 31.6 Å². The molecule has 0 saturated carbocycles. The molecule has 1 aromatic carbocycles. The van der Waals surface area contributed by atoms with E-state index < -0.39 is 0 Å². The first kappa shape index (κ1) is 12.5. The predicted molar refractivity (Wildman–Crippen MR) is 60.4 cm³/mol. The third kappa shape index (κ3) is 4.91. The Labute approximate surface area is 86.1 Å². The molecule has 0 aliphatic carbocycles. The standard InChI is InChI=1S/C9H11Cl.C2H7N/c1-2-8-5-3-4-6-9(8)7-10;1-3-2/h3-6H,2,7H2,1H3;3H,1-2H3. The van der Waals surface area contributed by atoms with Crippen molar-refractivity contribution in [2.45, 2.75) is 19.2 Å². The fraction of sp³-hybridized carbons (Fsp3) is 0.455. The van der Waals surface area contributed by atoms with E-state index in [1.807, 2.05) is 20.2 Å². The molecule has 0 radical (unpaired) electrons. The Balaban J connectivity index is 0.000000424. The Morgan fingerprint density at radius 1 is 1.15 bits per heavy atom. The van der Waals surface area contributed by atoms with E-state index in [0.717, 1.165) is 6.42 Å². The lowest BCUT2D eigenvalue weighted by Crippen LogP contribution is -1.89. The molecule has 0 aromatic heterocycles. The van der Waals surface area contributed by atoms with Gasteiger partial charge in [-0.2, -0.15) is 0 Å². The van der Waals surface area contributed by atoms with E-state index in [2.05, 4.69) is 30.4 Å². The van der Waals surface area contributed by atoms with Crippen molar-refractivity contribution in [2.75, 3.05) is 14.1 Å². The van der Waals surface area contributed by atoms with Crippen LogP contribution in [0, 0.1) is 0 Å². The molecule has 0 bridgehead atoms. The number of rotatable bonds is 2. The molecule has 1 aromatic rings. The molecule has 0 amide bonds. The maximum absolute atomic E-state index is 5.71. The Morgan fingerprint density at radius 3 is 1.92 bits per heavy atom. The number of benzene rings is 1. The van der Waals surface area contributed by atoms with E-state index in [9.17, 15) is 0 Å². The largest absolute Gasteiger partial charge is 0.323 e. The van der Waals surface area contributed by atoms with Crippen LogP contribution in [0.4, 0.5) is 0 Å². The van der Waals surface area contributed by atoms with Gasteiger partial charge in [0, 0.05) is 5.88 Å². The molecular formula is C11H18ClN. The molecule has 0 fully saturated rings. The summed E-state index contributed by atoms with van der Waals surface area (Å²) >= 11 is 5.71. The molecule has 0 unspecified atom stereocenters. The van der Waals surface area contributed by atoms with Crippen molar-refractivity contribution in [3.05, 3.63) is 35.4 Å². The van der Waals surface area contributed by atoms with Crippen LogP contribution in [0.1, 0.15) is 18.1 Å². The minimum absolute atomic E-state index is 0.629. The van der Waals surface area contributed by atoms with Crippen LogP contribution in [0.3, 0.4) is 0 Å². The molecule has 1 rings (SSSR count). The zero-order chi connectivity index (χ0) is 10.1. The highest BCUT2D eigenvalue weighted by molar-refractivity contribution is 6.17. The van der Waals surface area contributed by atoms with Crippen molar-refractivity contribution >= 4 is 11.6 Å². The predicted octanol–water partition coefficient (Wildman–Crippen LogP) is 2.82. The van der Waals surface area contributed by atoms with Gasteiger partial charge >= 0.3 is 0 Å². The summed E-state index contributed by atoms with van der Waals surface area (Å²) in [6.07, 6.45) is 1.07. The topological polar surface area (TPSA) is 12.0 Å². The minimum atomic E-state index is 0.629. The van der Waals surface area contributed by atoms with E-state index in [4.69, 9.17) is 11.6 Å². The summed E-state index contributed by atoms with van der Waals surface area (Å²) in [6, 6.07) is 8.27. The lowest BCUT2D eigenvalue weighted by Gasteiger charge is -2.01. The second-order valence-electron chi connectivity index (χ2n) is 2.76. The Kier molecular flexibility index (Phi) is 7.76. The number of halogens is 1. The van der Waals surface area contributed by atoms with Crippen molar-refractivity contribution in [3.63, 3.8) is 0 Å². The van der Waals surface area contributed by atoms with E-state index in [1.54, 1.807) is 0 Å². The summed E-state index contributed by atoms with van der Waals surface area (Å²) in [5.74, 6) is 0.629. The summed E-state index contributed by atoms with van der Waals surface area (Å²) in [6.45, 7) is 2.14. The van der Waals surface area contributed by atoms with E-state index >= 15 is 0 Å². The Bertz CT molecular complexity index is 200. The number of hydrogen-bond donors (Lipinski definition) is 1. The molecule has 1 nitrogen and oxygen atoms in total. The maximum atomic E-state index is 5.71. The first-order valence-electron chi connectivity index (χ1n) is 4.51. The first-order chi connectivity index (χ1) is 6.29. The summed E-state index contributed by atoms with van der Waals surface area (Å²) < 4.78 is 0. The molecule has 0 heterocycles. The minimum Gasteiger partial charge on any atom is -0.323 e. The number of nitrogens with one attached hydrogen (secondary N) is 1. The zero-order valence-corrected chi connectivity index (χ0v) is 9.36. The van der Waals surface area contributed by atoms with Gasteiger partial charge in [0.1, 0.15) is 0 Å². The monoisotopic (exact) mass is 199 g/mol. The average Bonchev–Trinajstić information content (AvgIpc) is 2.19. The van der Waals surface area contributed by atoms with Gasteiger partial charge in [0.15, 0.2) is 0 Å². The van der Waals surface area contributed by atoms with E-state index in [0.29, 0.717) is 5.88 Å². The van der Waals surface area contributed by atoms with Crippen LogP contribution in [0.2, 0.25) is 0 Å². The lowest BCUT2D eigenvalue weighted by molar-refractivity contribution is 1.02. The lowest BCUT2D eigenvalue weighted by atomic mass is 10.1. The highest BCUT2D eigenvalue weighted by Crippen LogP contribution is 2.11. The average molecular weight is 200 g/mol. The molecule has 1 N–H and O–H groups in total. The van der Waals surface area contributed by atoms with Gasteiger partial charge in [0.05, 0.1) is 0 Å². The Hall–Kier alpha value is -0.530. The van der Waals surface area contributed by atoms with Crippen LogP contribution in [0.5, 0.6) is 0 Å². The molecule has 0 atom stereocenters. The zero-order valence-electron chi connectivity index (χ0n) is 8.60. The summed E-state index contributed by atoms with van der Waals surface area (Å²) in [5.41, 5.74) is 2.61. The van der Waals surface area contributed by atoms with Crippen molar-refractivity contribution in [1.82, 2.24) is 5.32 Å². The molecule has 2 heteroatoms. The summed E-state index contributed by atoms with van der Waals surface area (Å²) in [4.78, 5) is 0. The normalized spacial score (nSPS) is 8.92. The highest BCUT2D eigenvalue weighted by Gasteiger charge is 1.95. The molecular weight excluding hydrogens is 182 g/mol. The summed E-state index contributed by atoms with van der Waals surface area (Å²) in [7, 11) is 3.75. The van der Waals surface area contributed by atoms with Crippen molar-refractivity contribution in [2.24, 2.45) is 0 Å². The number of alkyl halides is 1. The molecule has 0 aliphatic heterocycles. The van der Waals surface area contributed by atoms with Crippen LogP contribution in [0.15, 0.2) is 24.3 Å². The van der Waals surface area contributed by atoms with Crippen molar-refractivity contribution < 1.29 is 0 Å². The van der Waals surface area contributed by atoms with Gasteiger partial charge in [0.25, 0.3) is 0 Å². The Morgan fingerprint density at radius 2 is 1.62 bits per heavy atom. The van der Waals surface area contributed by atoms with Gasteiger partial charge in [-0.1, -0.05) is 31.2 Å². The number of hydrogen-bond acceptors (Lipinski definition) is 1. The van der Waals surface area contributed by atoms with Crippen molar-refractivity contribution in [3.8, 4) is 0 Å². The van der Waals surface area contributed by atoms with Gasteiger partial charge in [-0.15, -0.1) is 11.6 Å². The van der Waals surface area contributed by atoms with Crippen LogP contribution >= 0.6 is 11.6 Å². The maximum Gasteiger partial charge on any atom is 0.0476 e. The molecule has 0 spiro atoms. The van der Waals surface area contributed by atoms with Crippen LogP contribution in [-0.4, -0.2) is 14.1 Å². The van der Waals surface area contributed by atoms with Crippen LogP contribution in [-0.2, 0) is 12.3 Å². The molecule has 13 heavy (non-hydrogen) atoms. The molecule has 74 valence electrons. The number of aryl methyl sites for hydroxylation is 1. The van der Waals surface area contributed by atoms with E-state index in [1.165, 1.54) is 11.1 Å². The summed E-state index contributed by atoms with van der Waals surface area (Å²) in [5, 5.41) is 2.75. The second-order valence-corrected chi connectivity index (χ2v) is 3.02. The first-order valence-corrected chi connectivity index (χ1v) is 5.04. The van der Waals surface area contributed by atoms with Crippen molar-refractivity contribution in [1.29, 1.82) is 0 Å². The highest BCUT2D eigenvalue weighted by atomic mass is 35.5. The third-order valence-corrected chi connectivity index (χ3v) is 1.93. The molecule has 0 saturated heterocycles. The van der Waals surface area contributed by atoms with Gasteiger partial charge < -0.3 is 5.32 Å².